The third kappa shape index (κ3) is 3.99. The van der Waals surface area contributed by atoms with E-state index in [-0.39, 0.29) is 10.8 Å². The fourth-order valence-corrected chi connectivity index (χ4v) is 1.70. The van der Waals surface area contributed by atoms with Crippen molar-refractivity contribution in [2.45, 2.75) is 51.8 Å². The quantitative estimate of drug-likeness (QED) is 0.542. The second-order valence-electron chi connectivity index (χ2n) is 4.05. The fourth-order valence-electron chi connectivity index (χ4n) is 1.19. The Balaban J connectivity index is 4.20. The first-order valence-corrected chi connectivity index (χ1v) is 6.19. The SMILES string of the molecule is CCCCC(Br)C(C)(C)C(=O)OCC. The summed E-state index contributed by atoms with van der Waals surface area (Å²) in [6.45, 7) is 8.30. The van der Waals surface area contributed by atoms with E-state index in [1.807, 2.05) is 20.8 Å². The van der Waals surface area contributed by atoms with E-state index in [1.165, 1.54) is 0 Å². The van der Waals surface area contributed by atoms with Gasteiger partial charge in [-0.1, -0.05) is 35.7 Å². The van der Waals surface area contributed by atoms with Crippen molar-refractivity contribution in [1.82, 2.24) is 0 Å². The minimum atomic E-state index is -0.425. The minimum Gasteiger partial charge on any atom is -0.466 e. The van der Waals surface area contributed by atoms with Crippen molar-refractivity contribution in [2.24, 2.45) is 5.41 Å². The van der Waals surface area contributed by atoms with Gasteiger partial charge in [0.15, 0.2) is 0 Å². The molecule has 0 saturated heterocycles. The molecule has 0 aromatic rings. The molecule has 14 heavy (non-hydrogen) atoms. The van der Waals surface area contributed by atoms with E-state index in [1.54, 1.807) is 0 Å². The molecule has 0 radical (unpaired) electrons. The van der Waals surface area contributed by atoms with Gasteiger partial charge in [-0.25, -0.2) is 0 Å². The Labute approximate surface area is 95.5 Å². The van der Waals surface area contributed by atoms with Gasteiger partial charge in [-0.15, -0.1) is 0 Å². The van der Waals surface area contributed by atoms with Gasteiger partial charge >= 0.3 is 5.97 Å². The van der Waals surface area contributed by atoms with Crippen LogP contribution in [0.4, 0.5) is 0 Å². The molecule has 0 fully saturated rings. The summed E-state index contributed by atoms with van der Waals surface area (Å²) in [5.74, 6) is -0.113. The van der Waals surface area contributed by atoms with Gasteiger partial charge in [0.25, 0.3) is 0 Å². The summed E-state index contributed by atoms with van der Waals surface area (Å²) in [5, 5.41) is 0. The van der Waals surface area contributed by atoms with Gasteiger partial charge in [-0.2, -0.15) is 0 Å². The number of rotatable bonds is 6. The highest BCUT2D eigenvalue weighted by atomic mass is 79.9. The molecule has 0 aliphatic heterocycles. The number of carbonyl (C=O) groups excluding carboxylic acids is 1. The second-order valence-corrected chi connectivity index (χ2v) is 5.16. The molecule has 2 nitrogen and oxygen atoms in total. The Hall–Kier alpha value is -0.0500. The molecular weight excluding hydrogens is 244 g/mol. The van der Waals surface area contributed by atoms with Crippen LogP contribution in [0.25, 0.3) is 0 Å². The maximum atomic E-state index is 11.6. The Morgan fingerprint density at radius 2 is 2.00 bits per heavy atom. The first-order chi connectivity index (χ1) is 6.46. The van der Waals surface area contributed by atoms with Crippen LogP contribution in [0.1, 0.15) is 47.0 Å². The molecule has 3 heteroatoms. The van der Waals surface area contributed by atoms with Gasteiger partial charge in [0.1, 0.15) is 0 Å². The number of unbranched alkanes of at least 4 members (excludes halogenated alkanes) is 1. The molecule has 0 saturated carbocycles. The lowest BCUT2D eigenvalue weighted by Gasteiger charge is -2.27. The zero-order valence-electron chi connectivity index (χ0n) is 9.60. The molecule has 0 aromatic carbocycles. The standard InChI is InChI=1S/C11H21BrO2/c1-5-7-8-9(12)11(3,4)10(13)14-6-2/h9H,5-8H2,1-4H3. The Bertz CT molecular complexity index is 178. The van der Waals surface area contributed by atoms with E-state index >= 15 is 0 Å². The number of halogens is 1. The van der Waals surface area contributed by atoms with Gasteiger partial charge in [-0.3, -0.25) is 4.79 Å². The summed E-state index contributed by atoms with van der Waals surface area (Å²) in [5.41, 5.74) is -0.425. The fraction of sp³-hybridized carbons (Fsp3) is 0.909. The minimum absolute atomic E-state index is 0.113. The van der Waals surface area contributed by atoms with Crippen LogP contribution in [-0.4, -0.2) is 17.4 Å². The Kier molecular flexibility index (Phi) is 6.41. The number of carbonyl (C=O) groups is 1. The summed E-state index contributed by atoms with van der Waals surface area (Å²) in [6, 6.07) is 0. The molecule has 0 aromatic heterocycles. The summed E-state index contributed by atoms with van der Waals surface area (Å²) in [6.07, 6.45) is 3.31. The van der Waals surface area contributed by atoms with Gasteiger partial charge in [0.05, 0.1) is 12.0 Å². The number of alkyl halides is 1. The Morgan fingerprint density at radius 1 is 1.43 bits per heavy atom. The van der Waals surface area contributed by atoms with Gasteiger partial charge in [-0.05, 0) is 27.2 Å². The zero-order valence-corrected chi connectivity index (χ0v) is 11.2. The van der Waals surface area contributed by atoms with E-state index in [2.05, 4.69) is 22.9 Å². The largest absolute Gasteiger partial charge is 0.466 e. The maximum Gasteiger partial charge on any atom is 0.312 e. The number of hydrogen-bond acceptors (Lipinski definition) is 2. The first-order valence-electron chi connectivity index (χ1n) is 5.28. The monoisotopic (exact) mass is 264 g/mol. The summed E-state index contributed by atoms with van der Waals surface area (Å²) < 4.78 is 5.04. The molecule has 0 aliphatic carbocycles. The van der Waals surface area contributed by atoms with Crippen LogP contribution in [0, 0.1) is 5.41 Å². The second kappa shape index (κ2) is 6.44. The van der Waals surface area contributed by atoms with Crippen molar-refractivity contribution < 1.29 is 9.53 Å². The van der Waals surface area contributed by atoms with Crippen LogP contribution in [0.5, 0.6) is 0 Å². The molecule has 0 amide bonds. The number of ether oxygens (including phenoxy) is 1. The zero-order chi connectivity index (χ0) is 11.2. The van der Waals surface area contributed by atoms with Crippen LogP contribution < -0.4 is 0 Å². The van der Waals surface area contributed by atoms with Crippen molar-refractivity contribution in [1.29, 1.82) is 0 Å². The molecule has 0 aliphatic rings. The first kappa shape index (κ1) is 13.9. The van der Waals surface area contributed by atoms with Crippen LogP contribution in [0.15, 0.2) is 0 Å². The molecule has 0 spiro atoms. The lowest BCUT2D eigenvalue weighted by molar-refractivity contribution is -0.153. The van der Waals surface area contributed by atoms with E-state index < -0.39 is 5.41 Å². The van der Waals surface area contributed by atoms with E-state index in [4.69, 9.17) is 4.74 Å². The summed E-state index contributed by atoms with van der Waals surface area (Å²) >= 11 is 3.57. The molecule has 0 heterocycles. The molecule has 84 valence electrons. The van der Waals surface area contributed by atoms with Gasteiger partial charge in [0, 0.05) is 4.83 Å². The lowest BCUT2D eigenvalue weighted by Crippen LogP contribution is -2.35. The van der Waals surface area contributed by atoms with E-state index in [9.17, 15) is 4.79 Å². The van der Waals surface area contributed by atoms with Gasteiger partial charge < -0.3 is 4.74 Å². The average molecular weight is 265 g/mol. The van der Waals surface area contributed by atoms with Crippen LogP contribution in [-0.2, 0) is 9.53 Å². The third-order valence-electron chi connectivity index (χ3n) is 2.40. The molecule has 1 atom stereocenters. The predicted octanol–water partition coefficient (Wildman–Crippen LogP) is 3.53. The predicted molar refractivity (Wildman–Crippen MR) is 62.7 cm³/mol. The molecule has 0 bridgehead atoms. The van der Waals surface area contributed by atoms with E-state index in [0.717, 1.165) is 19.3 Å². The smallest absolute Gasteiger partial charge is 0.312 e. The highest BCUT2D eigenvalue weighted by molar-refractivity contribution is 9.09. The number of esters is 1. The van der Waals surface area contributed by atoms with Crippen LogP contribution in [0.2, 0.25) is 0 Å². The molecule has 0 N–H and O–H groups in total. The summed E-state index contributed by atoms with van der Waals surface area (Å²) in [7, 11) is 0. The highest BCUT2D eigenvalue weighted by Gasteiger charge is 2.36. The Morgan fingerprint density at radius 3 is 2.43 bits per heavy atom. The van der Waals surface area contributed by atoms with Crippen LogP contribution >= 0.6 is 15.9 Å². The van der Waals surface area contributed by atoms with E-state index in [0.29, 0.717) is 6.61 Å². The van der Waals surface area contributed by atoms with Crippen molar-refractivity contribution in [3.05, 3.63) is 0 Å². The number of hydrogen-bond donors (Lipinski definition) is 0. The van der Waals surface area contributed by atoms with Crippen molar-refractivity contribution in [2.75, 3.05) is 6.61 Å². The summed E-state index contributed by atoms with van der Waals surface area (Å²) in [4.78, 5) is 11.8. The third-order valence-corrected chi connectivity index (χ3v) is 4.00. The van der Waals surface area contributed by atoms with Gasteiger partial charge in [0.2, 0.25) is 0 Å². The molecular formula is C11H21BrO2. The lowest BCUT2D eigenvalue weighted by atomic mass is 9.87. The molecule has 1 unspecified atom stereocenters. The van der Waals surface area contributed by atoms with Crippen molar-refractivity contribution in [3.8, 4) is 0 Å². The normalized spacial score (nSPS) is 13.8. The topological polar surface area (TPSA) is 26.3 Å². The van der Waals surface area contributed by atoms with Crippen molar-refractivity contribution in [3.63, 3.8) is 0 Å². The van der Waals surface area contributed by atoms with Crippen molar-refractivity contribution >= 4 is 21.9 Å². The van der Waals surface area contributed by atoms with Crippen LogP contribution in [0.3, 0.4) is 0 Å². The molecule has 0 rings (SSSR count). The highest BCUT2D eigenvalue weighted by Crippen LogP contribution is 2.32. The average Bonchev–Trinajstić information content (AvgIpc) is 2.14. The maximum absolute atomic E-state index is 11.6.